The quantitative estimate of drug-likeness (QED) is 0.590. The van der Waals surface area contributed by atoms with E-state index in [9.17, 15) is 4.79 Å². The molecule has 0 aliphatic carbocycles. The van der Waals surface area contributed by atoms with Crippen LogP contribution in [0.3, 0.4) is 0 Å². The molecule has 0 spiro atoms. The average molecular weight is 367 g/mol. The van der Waals surface area contributed by atoms with Crippen molar-refractivity contribution in [1.82, 2.24) is 14.9 Å². The van der Waals surface area contributed by atoms with Crippen molar-refractivity contribution in [2.75, 3.05) is 26.9 Å². The van der Waals surface area contributed by atoms with E-state index in [4.69, 9.17) is 14.5 Å². The van der Waals surface area contributed by atoms with Gasteiger partial charge in [-0.3, -0.25) is 4.79 Å². The van der Waals surface area contributed by atoms with E-state index < -0.39 is 0 Å². The maximum absolute atomic E-state index is 12.5. The summed E-state index contributed by atoms with van der Waals surface area (Å²) >= 11 is 0. The maximum atomic E-state index is 12.5. The fraction of sp³-hybridized carbons (Fsp3) is 0.333. The molecule has 0 saturated carbocycles. The van der Waals surface area contributed by atoms with Crippen LogP contribution < -0.4 is 10.1 Å². The molecule has 6 heteroatoms. The summed E-state index contributed by atoms with van der Waals surface area (Å²) < 4.78 is 12.5. The molecular weight excluding hydrogens is 342 g/mol. The standard InChI is InChI=1S/C21H25N3O3/c1-3-27-14-6-13-22-20(25)15-24-19-8-5-4-7-18(19)23-21(24)16-9-11-17(26-2)12-10-16/h4-5,7-12H,3,6,13-15H2,1-2H3,(H,22,25). The molecule has 0 radical (unpaired) electrons. The summed E-state index contributed by atoms with van der Waals surface area (Å²) in [7, 11) is 1.64. The number of fused-ring (bicyclic) bond motifs is 1. The van der Waals surface area contributed by atoms with Crippen molar-refractivity contribution in [3.05, 3.63) is 48.5 Å². The van der Waals surface area contributed by atoms with Gasteiger partial charge in [-0.15, -0.1) is 0 Å². The molecule has 1 N–H and O–H groups in total. The van der Waals surface area contributed by atoms with Crippen molar-refractivity contribution in [3.8, 4) is 17.1 Å². The van der Waals surface area contributed by atoms with E-state index in [0.717, 1.165) is 34.6 Å². The molecular formula is C21H25N3O3. The summed E-state index contributed by atoms with van der Waals surface area (Å²) in [5.41, 5.74) is 2.75. The summed E-state index contributed by atoms with van der Waals surface area (Å²) in [4.78, 5) is 17.2. The number of ether oxygens (including phenoxy) is 2. The Morgan fingerprint density at radius 3 is 2.67 bits per heavy atom. The highest BCUT2D eigenvalue weighted by molar-refractivity contribution is 5.84. The van der Waals surface area contributed by atoms with Gasteiger partial charge in [0.1, 0.15) is 18.1 Å². The van der Waals surface area contributed by atoms with E-state index in [1.807, 2.05) is 60.0 Å². The fourth-order valence-electron chi connectivity index (χ4n) is 2.94. The minimum Gasteiger partial charge on any atom is -0.497 e. The first-order valence-corrected chi connectivity index (χ1v) is 9.17. The highest BCUT2D eigenvalue weighted by atomic mass is 16.5. The zero-order valence-electron chi connectivity index (χ0n) is 15.8. The summed E-state index contributed by atoms with van der Waals surface area (Å²) in [5, 5.41) is 2.95. The fourth-order valence-corrected chi connectivity index (χ4v) is 2.94. The molecule has 1 heterocycles. The molecule has 0 saturated heterocycles. The predicted molar refractivity (Wildman–Crippen MR) is 106 cm³/mol. The SMILES string of the molecule is CCOCCCNC(=O)Cn1c(-c2ccc(OC)cc2)nc2ccccc21. The van der Waals surface area contributed by atoms with Gasteiger partial charge in [-0.05, 0) is 49.7 Å². The molecule has 1 amide bonds. The Kier molecular flexibility index (Phi) is 6.44. The first-order valence-electron chi connectivity index (χ1n) is 9.17. The van der Waals surface area contributed by atoms with Crippen molar-refractivity contribution in [2.45, 2.75) is 19.9 Å². The molecule has 6 nitrogen and oxygen atoms in total. The van der Waals surface area contributed by atoms with Gasteiger partial charge in [0.25, 0.3) is 0 Å². The van der Waals surface area contributed by atoms with Gasteiger partial charge >= 0.3 is 0 Å². The molecule has 3 rings (SSSR count). The Balaban J connectivity index is 1.81. The zero-order valence-corrected chi connectivity index (χ0v) is 15.8. The van der Waals surface area contributed by atoms with Gasteiger partial charge in [-0.1, -0.05) is 12.1 Å². The topological polar surface area (TPSA) is 65.4 Å². The summed E-state index contributed by atoms with van der Waals surface area (Å²) in [6.07, 6.45) is 0.801. The Hall–Kier alpha value is -2.86. The second kappa shape index (κ2) is 9.19. The van der Waals surface area contributed by atoms with Crippen LogP contribution in [0.4, 0.5) is 0 Å². The van der Waals surface area contributed by atoms with Gasteiger partial charge in [0.15, 0.2) is 0 Å². The van der Waals surface area contributed by atoms with E-state index in [1.165, 1.54) is 0 Å². The van der Waals surface area contributed by atoms with Crippen LogP contribution in [0.2, 0.25) is 0 Å². The number of nitrogens with one attached hydrogen (secondary N) is 1. The second-order valence-electron chi connectivity index (χ2n) is 6.14. The van der Waals surface area contributed by atoms with E-state index >= 15 is 0 Å². The van der Waals surface area contributed by atoms with Crippen molar-refractivity contribution in [3.63, 3.8) is 0 Å². The molecule has 142 valence electrons. The van der Waals surface area contributed by atoms with E-state index in [1.54, 1.807) is 7.11 Å². The number of amides is 1. The summed E-state index contributed by atoms with van der Waals surface area (Å²) in [5.74, 6) is 1.51. The monoisotopic (exact) mass is 367 g/mol. The van der Waals surface area contributed by atoms with Gasteiger partial charge < -0.3 is 19.4 Å². The van der Waals surface area contributed by atoms with Crippen molar-refractivity contribution < 1.29 is 14.3 Å². The number of carbonyl (C=O) groups is 1. The van der Waals surface area contributed by atoms with Crippen LogP contribution in [0.1, 0.15) is 13.3 Å². The van der Waals surface area contributed by atoms with Gasteiger partial charge in [-0.2, -0.15) is 0 Å². The van der Waals surface area contributed by atoms with E-state index in [2.05, 4.69) is 5.32 Å². The van der Waals surface area contributed by atoms with Gasteiger partial charge in [0.05, 0.1) is 18.1 Å². The molecule has 27 heavy (non-hydrogen) atoms. The summed E-state index contributed by atoms with van der Waals surface area (Å²) in [6, 6.07) is 15.5. The van der Waals surface area contributed by atoms with E-state index in [0.29, 0.717) is 19.8 Å². The summed E-state index contributed by atoms with van der Waals surface area (Å²) in [6.45, 7) is 4.13. The molecule has 1 aromatic heterocycles. The molecule has 0 bridgehead atoms. The molecule has 2 aromatic carbocycles. The molecule has 3 aromatic rings. The van der Waals surface area contributed by atoms with Gasteiger partial charge in [-0.25, -0.2) is 4.98 Å². The first-order chi connectivity index (χ1) is 13.2. The molecule has 0 unspecified atom stereocenters. The largest absolute Gasteiger partial charge is 0.497 e. The van der Waals surface area contributed by atoms with Crippen molar-refractivity contribution >= 4 is 16.9 Å². The zero-order chi connectivity index (χ0) is 19.1. The molecule has 0 aliphatic heterocycles. The Morgan fingerprint density at radius 2 is 1.93 bits per heavy atom. The lowest BCUT2D eigenvalue weighted by Crippen LogP contribution is -2.29. The Morgan fingerprint density at radius 1 is 1.15 bits per heavy atom. The van der Waals surface area contributed by atoms with Crippen molar-refractivity contribution in [1.29, 1.82) is 0 Å². The van der Waals surface area contributed by atoms with Crippen LogP contribution in [-0.4, -0.2) is 42.3 Å². The smallest absolute Gasteiger partial charge is 0.240 e. The number of carbonyl (C=O) groups excluding carboxylic acids is 1. The number of para-hydroxylation sites is 2. The lowest BCUT2D eigenvalue weighted by Gasteiger charge is -2.11. The van der Waals surface area contributed by atoms with Crippen LogP contribution in [0.5, 0.6) is 5.75 Å². The minimum atomic E-state index is -0.0376. The number of hydrogen-bond donors (Lipinski definition) is 1. The molecule has 0 aliphatic rings. The highest BCUT2D eigenvalue weighted by Gasteiger charge is 2.15. The minimum absolute atomic E-state index is 0.0376. The maximum Gasteiger partial charge on any atom is 0.240 e. The predicted octanol–water partition coefficient (Wildman–Crippen LogP) is 3.25. The number of nitrogens with zero attached hydrogens (tertiary/aromatic N) is 2. The highest BCUT2D eigenvalue weighted by Crippen LogP contribution is 2.26. The average Bonchev–Trinajstić information content (AvgIpc) is 3.06. The number of rotatable bonds is 9. The third-order valence-electron chi connectivity index (χ3n) is 4.30. The van der Waals surface area contributed by atoms with Gasteiger partial charge in [0.2, 0.25) is 5.91 Å². The van der Waals surface area contributed by atoms with Crippen LogP contribution in [0.25, 0.3) is 22.4 Å². The first kappa shape index (κ1) is 18.9. The third kappa shape index (κ3) is 4.65. The Bertz CT molecular complexity index is 887. The molecule has 0 atom stereocenters. The van der Waals surface area contributed by atoms with Crippen LogP contribution in [0, 0.1) is 0 Å². The number of hydrogen-bond acceptors (Lipinski definition) is 4. The number of aromatic nitrogens is 2. The number of benzene rings is 2. The number of imidazole rings is 1. The normalized spacial score (nSPS) is 10.9. The Labute approximate surface area is 159 Å². The molecule has 0 fully saturated rings. The second-order valence-corrected chi connectivity index (χ2v) is 6.14. The van der Waals surface area contributed by atoms with Crippen molar-refractivity contribution in [2.24, 2.45) is 0 Å². The third-order valence-corrected chi connectivity index (χ3v) is 4.30. The van der Waals surface area contributed by atoms with Crippen LogP contribution in [-0.2, 0) is 16.1 Å². The van der Waals surface area contributed by atoms with E-state index in [-0.39, 0.29) is 12.5 Å². The lowest BCUT2D eigenvalue weighted by atomic mass is 10.2. The van der Waals surface area contributed by atoms with Gasteiger partial charge in [0, 0.05) is 25.3 Å². The van der Waals surface area contributed by atoms with Crippen LogP contribution in [0.15, 0.2) is 48.5 Å². The van der Waals surface area contributed by atoms with Crippen LogP contribution >= 0.6 is 0 Å². The lowest BCUT2D eigenvalue weighted by molar-refractivity contribution is -0.121. The number of methoxy groups -OCH3 is 1.